The van der Waals surface area contributed by atoms with Crippen LogP contribution in [0.4, 0.5) is 0 Å². The van der Waals surface area contributed by atoms with Crippen LogP contribution in [-0.4, -0.2) is 4.98 Å². The van der Waals surface area contributed by atoms with Crippen LogP contribution in [0, 0.1) is 23.2 Å². The standard InChI is InChI=1S/C13H8N2/c14-9-2-1-5-11-6-3-7-12-8-4-10-15-13(11)12/h3-4,6-8,10H,2H2. The highest BCUT2D eigenvalue weighted by molar-refractivity contribution is 5.84. The second kappa shape index (κ2) is 4.26. The summed E-state index contributed by atoms with van der Waals surface area (Å²) in [6.07, 6.45) is 2.00. The normalized spacial score (nSPS) is 9.00. The Labute approximate surface area is 88.2 Å². The summed E-state index contributed by atoms with van der Waals surface area (Å²) in [5.41, 5.74) is 1.77. The average Bonchev–Trinajstić information content (AvgIpc) is 2.30. The van der Waals surface area contributed by atoms with Crippen molar-refractivity contribution in [1.29, 1.82) is 5.26 Å². The van der Waals surface area contributed by atoms with Gasteiger partial charge in [0, 0.05) is 11.6 Å². The first-order chi connectivity index (χ1) is 7.42. The number of benzene rings is 1. The van der Waals surface area contributed by atoms with Crippen molar-refractivity contribution in [3.63, 3.8) is 0 Å². The molecule has 0 bridgehead atoms. The van der Waals surface area contributed by atoms with Crippen LogP contribution < -0.4 is 0 Å². The number of para-hydroxylation sites is 1. The van der Waals surface area contributed by atoms with Gasteiger partial charge in [0.05, 0.1) is 23.6 Å². The van der Waals surface area contributed by atoms with Crippen LogP contribution in [0.2, 0.25) is 0 Å². The van der Waals surface area contributed by atoms with E-state index in [1.54, 1.807) is 6.20 Å². The van der Waals surface area contributed by atoms with E-state index in [-0.39, 0.29) is 6.42 Å². The molecule has 0 aliphatic rings. The summed E-state index contributed by atoms with van der Waals surface area (Å²) in [4.78, 5) is 4.27. The fraction of sp³-hybridized carbons (Fsp3) is 0.0769. The van der Waals surface area contributed by atoms with Gasteiger partial charge < -0.3 is 0 Å². The molecule has 0 spiro atoms. The number of fused-ring (bicyclic) bond motifs is 1. The maximum Gasteiger partial charge on any atom is 0.0966 e. The number of rotatable bonds is 0. The number of hydrogen-bond acceptors (Lipinski definition) is 2. The third kappa shape index (κ3) is 1.95. The maximum absolute atomic E-state index is 8.39. The smallest absolute Gasteiger partial charge is 0.0966 e. The Hall–Kier alpha value is -2.32. The lowest BCUT2D eigenvalue weighted by atomic mass is 10.1. The quantitative estimate of drug-likeness (QED) is 0.601. The molecule has 0 fully saturated rings. The average molecular weight is 192 g/mol. The van der Waals surface area contributed by atoms with Crippen molar-refractivity contribution >= 4 is 10.9 Å². The maximum atomic E-state index is 8.39. The van der Waals surface area contributed by atoms with Crippen molar-refractivity contribution in [1.82, 2.24) is 4.98 Å². The molecule has 1 heterocycles. The minimum absolute atomic E-state index is 0.253. The number of hydrogen-bond donors (Lipinski definition) is 0. The third-order valence-electron chi connectivity index (χ3n) is 2.02. The second-order valence-electron chi connectivity index (χ2n) is 3.02. The number of pyridine rings is 1. The van der Waals surface area contributed by atoms with E-state index in [0.717, 1.165) is 16.5 Å². The molecule has 0 aliphatic heterocycles. The molecule has 0 radical (unpaired) electrons. The van der Waals surface area contributed by atoms with Gasteiger partial charge >= 0.3 is 0 Å². The molecule has 0 atom stereocenters. The number of aromatic nitrogens is 1. The van der Waals surface area contributed by atoms with E-state index in [1.807, 2.05) is 36.4 Å². The fourth-order valence-electron chi connectivity index (χ4n) is 1.38. The summed E-state index contributed by atoms with van der Waals surface area (Å²) in [5.74, 6) is 5.75. The van der Waals surface area contributed by atoms with Gasteiger partial charge in [0.15, 0.2) is 0 Å². The largest absolute Gasteiger partial charge is 0.255 e. The molecule has 15 heavy (non-hydrogen) atoms. The molecule has 70 valence electrons. The molecule has 2 heteroatoms. The SMILES string of the molecule is N#CCC#Cc1cccc2cccnc12. The summed E-state index contributed by atoms with van der Waals surface area (Å²) in [5, 5.41) is 9.46. The lowest BCUT2D eigenvalue weighted by Gasteiger charge is -1.97. The molecule has 1 aromatic carbocycles. The lowest BCUT2D eigenvalue weighted by molar-refractivity contribution is 1.39. The van der Waals surface area contributed by atoms with Crippen molar-refractivity contribution in [3.8, 4) is 17.9 Å². The molecule has 2 aromatic rings. The van der Waals surface area contributed by atoms with Gasteiger partial charge in [0.1, 0.15) is 0 Å². The van der Waals surface area contributed by atoms with E-state index in [9.17, 15) is 0 Å². The molecule has 0 unspecified atom stereocenters. The van der Waals surface area contributed by atoms with E-state index in [1.165, 1.54) is 0 Å². The first-order valence-corrected chi connectivity index (χ1v) is 4.61. The molecule has 2 nitrogen and oxygen atoms in total. The van der Waals surface area contributed by atoms with Crippen LogP contribution in [0.3, 0.4) is 0 Å². The first-order valence-electron chi connectivity index (χ1n) is 4.61. The Morgan fingerprint density at radius 1 is 1.20 bits per heavy atom. The summed E-state index contributed by atoms with van der Waals surface area (Å²) < 4.78 is 0. The summed E-state index contributed by atoms with van der Waals surface area (Å²) in [6, 6.07) is 11.7. The van der Waals surface area contributed by atoms with Gasteiger partial charge in [0.25, 0.3) is 0 Å². The Kier molecular flexibility index (Phi) is 2.63. The lowest BCUT2D eigenvalue weighted by Crippen LogP contribution is -1.82. The molecular weight excluding hydrogens is 184 g/mol. The molecular formula is C13H8N2. The van der Waals surface area contributed by atoms with Gasteiger partial charge in [-0.1, -0.05) is 30.0 Å². The second-order valence-corrected chi connectivity index (χ2v) is 3.02. The molecule has 0 aliphatic carbocycles. The van der Waals surface area contributed by atoms with Crippen LogP contribution in [0.25, 0.3) is 10.9 Å². The first kappa shape index (κ1) is 9.24. The van der Waals surface area contributed by atoms with Crippen LogP contribution >= 0.6 is 0 Å². The Bertz CT molecular complexity index is 577. The van der Waals surface area contributed by atoms with E-state index in [4.69, 9.17) is 5.26 Å². The van der Waals surface area contributed by atoms with Gasteiger partial charge in [0.2, 0.25) is 0 Å². The van der Waals surface area contributed by atoms with Crippen LogP contribution in [0.15, 0.2) is 36.5 Å². The predicted molar refractivity (Wildman–Crippen MR) is 58.9 cm³/mol. The molecule has 2 rings (SSSR count). The predicted octanol–water partition coefficient (Wildman–Crippen LogP) is 2.50. The summed E-state index contributed by atoms with van der Waals surface area (Å²) in [7, 11) is 0. The van der Waals surface area contributed by atoms with Crippen molar-refractivity contribution < 1.29 is 0 Å². The summed E-state index contributed by atoms with van der Waals surface area (Å²) >= 11 is 0. The third-order valence-corrected chi connectivity index (χ3v) is 2.02. The van der Waals surface area contributed by atoms with Crippen molar-refractivity contribution in [2.45, 2.75) is 6.42 Å². The topological polar surface area (TPSA) is 36.7 Å². The minimum atomic E-state index is 0.253. The number of nitrogens with zero attached hydrogens (tertiary/aromatic N) is 2. The number of nitriles is 1. The van der Waals surface area contributed by atoms with Crippen LogP contribution in [0.1, 0.15) is 12.0 Å². The molecule has 0 saturated heterocycles. The molecule has 0 saturated carbocycles. The zero-order chi connectivity index (χ0) is 10.5. The van der Waals surface area contributed by atoms with Gasteiger partial charge in [-0.05, 0) is 12.1 Å². The Balaban J connectivity index is 2.54. The zero-order valence-electron chi connectivity index (χ0n) is 8.07. The monoisotopic (exact) mass is 192 g/mol. The Morgan fingerprint density at radius 3 is 2.93 bits per heavy atom. The van der Waals surface area contributed by atoms with E-state index < -0.39 is 0 Å². The molecule has 0 amide bonds. The van der Waals surface area contributed by atoms with Gasteiger partial charge in [-0.3, -0.25) is 4.98 Å². The van der Waals surface area contributed by atoms with Gasteiger partial charge in [-0.25, -0.2) is 0 Å². The van der Waals surface area contributed by atoms with Crippen molar-refractivity contribution in [2.75, 3.05) is 0 Å². The van der Waals surface area contributed by atoms with Crippen LogP contribution in [-0.2, 0) is 0 Å². The Morgan fingerprint density at radius 2 is 2.07 bits per heavy atom. The van der Waals surface area contributed by atoms with E-state index in [0.29, 0.717) is 0 Å². The highest BCUT2D eigenvalue weighted by atomic mass is 14.6. The highest BCUT2D eigenvalue weighted by Crippen LogP contribution is 2.14. The highest BCUT2D eigenvalue weighted by Gasteiger charge is 1.97. The van der Waals surface area contributed by atoms with E-state index >= 15 is 0 Å². The van der Waals surface area contributed by atoms with Gasteiger partial charge in [-0.15, -0.1) is 0 Å². The minimum Gasteiger partial charge on any atom is -0.255 e. The molecule has 1 aromatic heterocycles. The van der Waals surface area contributed by atoms with Gasteiger partial charge in [-0.2, -0.15) is 5.26 Å². The van der Waals surface area contributed by atoms with Crippen molar-refractivity contribution in [2.24, 2.45) is 0 Å². The fourth-order valence-corrected chi connectivity index (χ4v) is 1.38. The van der Waals surface area contributed by atoms with Crippen LogP contribution in [0.5, 0.6) is 0 Å². The zero-order valence-corrected chi connectivity index (χ0v) is 8.07. The summed E-state index contributed by atoms with van der Waals surface area (Å²) in [6.45, 7) is 0. The molecule has 0 N–H and O–H groups in total. The van der Waals surface area contributed by atoms with Crippen molar-refractivity contribution in [3.05, 3.63) is 42.1 Å². The van der Waals surface area contributed by atoms with E-state index in [2.05, 4.69) is 16.8 Å².